The fourth-order valence-electron chi connectivity index (χ4n) is 3.17. The maximum Gasteiger partial charge on any atom is 0.234 e. The van der Waals surface area contributed by atoms with Crippen LogP contribution in [0.1, 0.15) is 19.0 Å². The fourth-order valence-corrected chi connectivity index (χ4v) is 3.17. The average molecular weight is 343 g/mol. The highest BCUT2D eigenvalue weighted by molar-refractivity contribution is 5.79. The van der Waals surface area contributed by atoms with E-state index in [9.17, 15) is 9.59 Å². The molecule has 0 bridgehead atoms. The van der Waals surface area contributed by atoms with Crippen molar-refractivity contribution in [2.24, 2.45) is 0 Å². The third kappa shape index (κ3) is 4.57. The molecule has 7 heteroatoms. The highest BCUT2D eigenvalue weighted by Gasteiger charge is 2.21. The number of nitrogens with zero attached hydrogens (tertiary/aromatic N) is 4. The number of likely N-dealkylation sites (N-methyl/N-ethyl adjacent to an activating group) is 1. The molecule has 1 aliphatic heterocycles. The van der Waals surface area contributed by atoms with Gasteiger partial charge in [-0.2, -0.15) is 0 Å². The van der Waals surface area contributed by atoms with Gasteiger partial charge in [-0.25, -0.2) is 4.98 Å². The van der Waals surface area contributed by atoms with Gasteiger partial charge in [-0.1, -0.05) is 6.07 Å². The minimum absolute atomic E-state index is 0.0481. The van der Waals surface area contributed by atoms with Crippen molar-refractivity contribution in [2.45, 2.75) is 19.8 Å². The quantitative estimate of drug-likeness (QED) is 0.861. The van der Waals surface area contributed by atoms with E-state index in [1.807, 2.05) is 46.8 Å². The third-order valence-corrected chi connectivity index (χ3v) is 4.43. The molecule has 25 heavy (non-hydrogen) atoms. The number of hydrogen-bond acceptors (Lipinski definition) is 4. The first-order valence-electron chi connectivity index (χ1n) is 8.85. The van der Waals surface area contributed by atoms with Gasteiger partial charge < -0.3 is 14.6 Å². The van der Waals surface area contributed by atoms with Crippen LogP contribution in [0, 0.1) is 0 Å². The van der Waals surface area contributed by atoms with Crippen molar-refractivity contribution in [1.82, 2.24) is 24.5 Å². The van der Waals surface area contributed by atoms with Crippen LogP contribution < -0.4 is 5.32 Å². The van der Waals surface area contributed by atoms with Crippen LogP contribution in [0.4, 0.5) is 0 Å². The second-order valence-electron chi connectivity index (χ2n) is 6.34. The summed E-state index contributed by atoms with van der Waals surface area (Å²) in [6.07, 6.45) is 5.04. The summed E-state index contributed by atoms with van der Waals surface area (Å²) in [4.78, 5) is 32.8. The number of carbonyl (C=O) groups excluding carboxylic acids is 2. The molecular formula is C18H25N5O2. The Balaban J connectivity index is 1.54. The Labute approximate surface area is 147 Å². The number of amides is 2. The van der Waals surface area contributed by atoms with Crippen molar-refractivity contribution in [3.05, 3.63) is 36.3 Å². The van der Waals surface area contributed by atoms with Crippen LogP contribution >= 0.6 is 0 Å². The number of aromatic nitrogens is 2. The number of nitrogens with one attached hydrogen (secondary N) is 1. The zero-order chi connectivity index (χ0) is 17.6. The topological polar surface area (TPSA) is 70.0 Å². The van der Waals surface area contributed by atoms with Gasteiger partial charge in [0.25, 0.3) is 0 Å². The van der Waals surface area contributed by atoms with Gasteiger partial charge in [0.1, 0.15) is 5.65 Å². The summed E-state index contributed by atoms with van der Waals surface area (Å²) in [5.41, 5.74) is 1.65. The molecule has 0 unspecified atom stereocenters. The van der Waals surface area contributed by atoms with Gasteiger partial charge in [0.15, 0.2) is 0 Å². The van der Waals surface area contributed by atoms with Crippen LogP contribution in [0.2, 0.25) is 0 Å². The predicted octanol–water partition coefficient (Wildman–Crippen LogP) is 0.547. The standard InChI is InChI=1S/C18H25N5O2/c1-2-19-17(24)14-21-7-5-9-22(11-10-21)18(25)12-15-13-23-8-4-3-6-16(23)20-15/h3-4,6,8,13H,2,5,7,9-12,14H2,1H3,(H,19,24). The molecule has 2 amide bonds. The molecule has 1 fully saturated rings. The lowest BCUT2D eigenvalue weighted by Gasteiger charge is -2.21. The monoisotopic (exact) mass is 343 g/mol. The molecule has 0 saturated carbocycles. The number of fused-ring (bicyclic) bond motifs is 1. The highest BCUT2D eigenvalue weighted by Crippen LogP contribution is 2.09. The number of imidazole rings is 1. The van der Waals surface area contributed by atoms with E-state index in [0.29, 0.717) is 26.1 Å². The van der Waals surface area contributed by atoms with Crippen LogP contribution in [-0.4, -0.2) is 70.3 Å². The molecule has 1 saturated heterocycles. The van der Waals surface area contributed by atoms with E-state index in [2.05, 4.69) is 15.2 Å². The molecule has 0 spiro atoms. The van der Waals surface area contributed by atoms with Gasteiger partial charge in [-0.3, -0.25) is 14.5 Å². The minimum Gasteiger partial charge on any atom is -0.355 e. The maximum atomic E-state index is 12.6. The van der Waals surface area contributed by atoms with E-state index in [1.165, 1.54) is 0 Å². The van der Waals surface area contributed by atoms with Crippen molar-refractivity contribution in [3.8, 4) is 0 Å². The van der Waals surface area contributed by atoms with E-state index >= 15 is 0 Å². The summed E-state index contributed by atoms with van der Waals surface area (Å²) in [7, 11) is 0. The lowest BCUT2D eigenvalue weighted by molar-refractivity contribution is -0.130. The summed E-state index contributed by atoms with van der Waals surface area (Å²) in [5, 5.41) is 2.82. The Morgan fingerprint density at radius 2 is 2.08 bits per heavy atom. The Morgan fingerprint density at radius 1 is 1.20 bits per heavy atom. The van der Waals surface area contributed by atoms with Crippen LogP contribution in [0.5, 0.6) is 0 Å². The highest BCUT2D eigenvalue weighted by atomic mass is 16.2. The lowest BCUT2D eigenvalue weighted by Crippen LogP contribution is -2.40. The second kappa shape index (κ2) is 8.11. The Hall–Kier alpha value is -2.41. The molecule has 1 N–H and O–H groups in total. The maximum absolute atomic E-state index is 12.6. The van der Waals surface area contributed by atoms with Gasteiger partial charge in [0, 0.05) is 45.1 Å². The van der Waals surface area contributed by atoms with Crippen molar-refractivity contribution < 1.29 is 9.59 Å². The van der Waals surface area contributed by atoms with Crippen LogP contribution in [-0.2, 0) is 16.0 Å². The molecule has 0 atom stereocenters. The molecule has 7 nitrogen and oxygen atoms in total. The summed E-state index contributed by atoms with van der Waals surface area (Å²) >= 11 is 0. The Morgan fingerprint density at radius 3 is 2.88 bits per heavy atom. The van der Waals surface area contributed by atoms with E-state index in [1.54, 1.807) is 0 Å². The minimum atomic E-state index is 0.0481. The van der Waals surface area contributed by atoms with Gasteiger partial charge in [0.2, 0.25) is 11.8 Å². The largest absolute Gasteiger partial charge is 0.355 e. The summed E-state index contributed by atoms with van der Waals surface area (Å²) < 4.78 is 1.93. The zero-order valence-corrected chi connectivity index (χ0v) is 14.6. The molecule has 1 aliphatic rings. The van der Waals surface area contributed by atoms with Gasteiger partial charge >= 0.3 is 0 Å². The Kier molecular flexibility index (Phi) is 5.65. The number of hydrogen-bond donors (Lipinski definition) is 1. The molecule has 3 rings (SSSR count). The van der Waals surface area contributed by atoms with Crippen molar-refractivity contribution in [2.75, 3.05) is 39.3 Å². The van der Waals surface area contributed by atoms with E-state index in [0.717, 1.165) is 37.4 Å². The van der Waals surface area contributed by atoms with Crippen molar-refractivity contribution in [1.29, 1.82) is 0 Å². The van der Waals surface area contributed by atoms with Crippen LogP contribution in [0.3, 0.4) is 0 Å². The molecule has 0 aliphatic carbocycles. The second-order valence-corrected chi connectivity index (χ2v) is 6.34. The number of rotatable bonds is 5. The predicted molar refractivity (Wildman–Crippen MR) is 95.2 cm³/mol. The van der Waals surface area contributed by atoms with Crippen LogP contribution in [0.25, 0.3) is 5.65 Å². The summed E-state index contributed by atoms with van der Waals surface area (Å²) in [5.74, 6) is 0.148. The molecule has 3 heterocycles. The van der Waals surface area contributed by atoms with Crippen molar-refractivity contribution in [3.63, 3.8) is 0 Å². The molecule has 2 aromatic rings. The average Bonchev–Trinajstić information content (AvgIpc) is 2.84. The summed E-state index contributed by atoms with van der Waals surface area (Å²) in [6.45, 7) is 5.94. The van der Waals surface area contributed by atoms with Gasteiger partial charge in [0.05, 0.1) is 18.7 Å². The fraction of sp³-hybridized carbons (Fsp3) is 0.500. The van der Waals surface area contributed by atoms with E-state index in [-0.39, 0.29) is 11.8 Å². The summed E-state index contributed by atoms with van der Waals surface area (Å²) in [6, 6.07) is 5.81. The molecule has 0 aromatic carbocycles. The van der Waals surface area contributed by atoms with Crippen LogP contribution in [0.15, 0.2) is 30.6 Å². The normalized spacial score (nSPS) is 16.0. The van der Waals surface area contributed by atoms with E-state index < -0.39 is 0 Å². The first-order chi connectivity index (χ1) is 12.2. The number of pyridine rings is 1. The lowest BCUT2D eigenvalue weighted by atomic mass is 10.3. The molecule has 0 radical (unpaired) electrons. The third-order valence-electron chi connectivity index (χ3n) is 4.43. The SMILES string of the molecule is CCNC(=O)CN1CCCN(C(=O)Cc2cn3ccccc3n2)CC1. The number of carbonyl (C=O) groups is 2. The molecular weight excluding hydrogens is 318 g/mol. The molecule has 134 valence electrons. The smallest absolute Gasteiger partial charge is 0.234 e. The van der Waals surface area contributed by atoms with Crippen molar-refractivity contribution >= 4 is 17.5 Å². The zero-order valence-electron chi connectivity index (χ0n) is 14.6. The molecule has 2 aromatic heterocycles. The van der Waals surface area contributed by atoms with E-state index in [4.69, 9.17) is 0 Å². The first-order valence-corrected chi connectivity index (χ1v) is 8.85. The van der Waals surface area contributed by atoms with Gasteiger partial charge in [-0.05, 0) is 25.5 Å². The Bertz CT molecular complexity index is 709. The van der Waals surface area contributed by atoms with Gasteiger partial charge in [-0.15, -0.1) is 0 Å². The first kappa shape index (κ1) is 17.4.